The van der Waals surface area contributed by atoms with Crippen LogP contribution in [0.1, 0.15) is 65.9 Å². The number of benzene rings is 1. The van der Waals surface area contributed by atoms with Crippen molar-refractivity contribution in [3.8, 4) is 5.00 Å². The Morgan fingerprint density at radius 3 is 2.59 bits per heavy atom. The second kappa shape index (κ2) is 9.16. The molecule has 32 heavy (non-hydrogen) atoms. The summed E-state index contributed by atoms with van der Waals surface area (Å²) in [5, 5.41) is 13.5. The van der Waals surface area contributed by atoms with E-state index in [1.165, 1.54) is 10.4 Å². The van der Waals surface area contributed by atoms with Gasteiger partial charge in [-0.25, -0.2) is 0 Å². The number of fused-ring (bicyclic) bond motifs is 3. The second-order valence-corrected chi connectivity index (χ2v) is 10.3. The third kappa shape index (κ3) is 4.36. The van der Waals surface area contributed by atoms with E-state index in [-0.39, 0.29) is 12.3 Å². The van der Waals surface area contributed by atoms with Crippen molar-refractivity contribution >= 4 is 34.6 Å². The van der Waals surface area contributed by atoms with E-state index in [2.05, 4.69) is 47.8 Å². The monoisotopic (exact) mass is 469 g/mol. The molecule has 1 aromatic carbocycles. The minimum atomic E-state index is -0.430. The summed E-state index contributed by atoms with van der Waals surface area (Å²) in [6.45, 7) is 11.1. The zero-order chi connectivity index (χ0) is 23.0. The number of nitrogens with zero attached hydrogens (tertiary/aromatic N) is 4. The van der Waals surface area contributed by atoms with Crippen LogP contribution < -0.4 is 5.32 Å². The number of aliphatic imine (C=N–C) groups is 1. The van der Waals surface area contributed by atoms with E-state index in [0.717, 1.165) is 34.1 Å². The molecular formula is C24H28ClN5OS. The van der Waals surface area contributed by atoms with Gasteiger partial charge in [0.2, 0.25) is 5.91 Å². The molecule has 1 N–H and O–H groups in total. The molecular weight excluding hydrogens is 442 g/mol. The highest BCUT2D eigenvalue weighted by atomic mass is 35.5. The highest BCUT2D eigenvalue weighted by Gasteiger charge is 2.32. The average molecular weight is 470 g/mol. The molecule has 0 spiro atoms. The number of amides is 1. The molecule has 1 aliphatic heterocycles. The van der Waals surface area contributed by atoms with Crippen molar-refractivity contribution in [3.63, 3.8) is 0 Å². The first kappa shape index (κ1) is 22.7. The van der Waals surface area contributed by atoms with Crippen LogP contribution in [0.4, 0.5) is 0 Å². The van der Waals surface area contributed by atoms with Crippen molar-refractivity contribution < 1.29 is 4.79 Å². The topological polar surface area (TPSA) is 72.2 Å². The fourth-order valence-corrected chi connectivity index (χ4v) is 5.22. The first-order valence-electron chi connectivity index (χ1n) is 10.9. The normalized spacial score (nSPS) is 15.2. The van der Waals surface area contributed by atoms with Gasteiger partial charge >= 0.3 is 0 Å². The second-order valence-electron chi connectivity index (χ2n) is 8.64. The molecule has 3 heterocycles. The maximum atomic E-state index is 12.8. The summed E-state index contributed by atoms with van der Waals surface area (Å²) in [5.74, 6) is 2.00. The summed E-state index contributed by atoms with van der Waals surface area (Å²) in [7, 11) is 0. The molecule has 0 saturated carbocycles. The first-order chi connectivity index (χ1) is 15.3. The zero-order valence-corrected chi connectivity index (χ0v) is 20.6. The van der Waals surface area contributed by atoms with Gasteiger partial charge in [-0.2, -0.15) is 0 Å². The minimum Gasteiger partial charge on any atom is -0.356 e. The standard InChI is InChI=1S/C24H28ClN5OS/c1-13(2)10-11-26-20(31)12-19-23-29-28-16(5)30(23)24-21(14(3)15(4)32-24)22(27-19)17-6-8-18(25)9-7-17/h6-9,13,19H,10-12H2,1-5H3,(H,26,31)/t19-/m0/s1. The Morgan fingerprint density at radius 2 is 1.91 bits per heavy atom. The number of halogens is 1. The maximum absolute atomic E-state index is 12.8. The molecule has 4 rings (SSSR count). The molecule has 0 fully saturated rings. The molecule has 168 valence electrons. The Balaban J connectivity index is 1.81. The smallest absolute Gasteiger partial charge is 0.222 e. The Kier molecular flexibility index (Phi) is 6.49. The van der Waals surface area contributed by atoms with Crippen molar-refractivity contribution in [2.45, 2.75) is 53.5 Å². The van der Waals surface area contributed by atoms with Crippen molar-refractivity contribution in [2.24, 2.45) is 10.9 Å². The van der Waals surface area contributed by atoms with Crippen LogP contribution in [0.2, 0.25) is 5.02 Å². The van der Waals surface area contributed by atoms with Crippen LogP contribution in [-0.4, -0.2) is 32.9 Å². The number of thiophene rings is 1. The average Bonchev–Trinajstić information content (AvgIpc) is 3.21. The fourth-order valence-electron chi connectivity index (χ4n) is 3.88. The number of hydrogen-bond donors (Lipinski definition) is 1. The van der Waals surface area contributed by atoms with Crippen molar-refractivity contribution in [2.75, 3.05) is 6.54 Å². The predicted octanol–water partition coefficient (Wildman–Crippen LogP) is 5.35. The third-order valence-electron chi connectivity index (χ3n) is 5.78. The van der Waals surface area contributed by atoms with Crippen molar-refractivity contribution in [1.29, 1.82) is 0 Å². The molecule has 3 aromatic rings. The van der Waals surface area contributed by atoms with Crippen LogP contribution in [0.15, 0.2) is 29.3 Å². The van der Waals surface area contributed by atoms with E-state index in [9.17, 15) is 4.79 Å². The maximum Gasteiger partial charge on any atom is 0.222 e. The Hall–Kier alpha value is -2.51. The molecule has 1 amide bonds. The Morgan fingerprint density at radius 1 is 1.19 bits per heavy atom. The van der Waals surface area contributed by atoms with Gasteiger partial charge in [-0.05, 0) is 50.8 Å². The van der Waals surface area contributed by atoms with E-state index in [0.29, 0.717) is 23.3 Å². The van der Waals surface area contributed by atoms with Crippen LogP contribution in [0.25, 0.3) is 5.00 Å². The van der Waals surface area contributed by atoms with Gasteiger partial charge in [-0.15, -0.1) is 21.5 Å². The summed E-state index contributed by atoms with van der Waals surface area (Å²) in [6, 6.07) is 7.28. The summed E-state index contributed by atoms with van der Waals surface area (Å²) in [5.41, 5.74) is 4.09. The van der Waals surface area contributed by atoms with E-state index in [4.69, 9.17) is 16.6 Å². The van der Waals surface area contributed by atoms with Crippen molar-refractivity contribution in [3.05, 3.63) is 62.5 Å². The molecule has 1 atom stereocenters. The van der Waals surface area contributed by atoms with Crippen LogP contribution in [0.5, 0.6) is 0 Å². The van der Waals surface area contributed by atoms with E-state index in [1.54, 1.807) is 11.3 Å². The number of aromatic nitrogens is 3. The largest absolute Gasteiger partial charge is 0.356 e. The number of hydrogen-bond acceptors (Lipinski definition) is 5. The highest BCUT2D eigenvalue weighted by Crippen LogP contribution is 2.39. The number of carbonyl (C=O) groups is 1. The summed E-state index contributed by atoms with van der Waals surface area (Å²) >= 11 is 7.86. The van der Waals surface area contributed by atoms with Gasteiger partial charge in [0.25, 0.3) is 0 Å². The molecule has 6 nitrogen and oxygen atoms in total. The van der Waals surface area contributed by atoms with Gasteiger partial charge in [0.1, 0.15) is 16.9 Å². The molecule has 0 aliphatic carbocycles. The summed E-state index contributed by atoms with van der Waals surface area (Å²) in [6.07, 6.45) is 1.17. The van der Waals surface area contributed by atoms with E-state index < -0.39 is 6.04 Å². The Bertz CT molecular complexity index is 1180. The quantitative estimate of drug-likeness (QED) is 0.528. The van der Waals surface area contributed by atoms with E-state index in [1.807, 2.05) is 31.2 Å². The highest BCUT2D eigenvalue weighted by molar-refractivity contribution is 7.15. The SMILES string of the molecule is Cc1sc2c(c1C)C(c1ccc(Cl)cc1)=N[C@@H](CC(=O)NCCC(C)C)c1nnc(C)n1-2. The molecule has 2 aromatic heterocycles. The number of nitrogens with one attached hydrogen (secondary N) is 1. The van der Waals surface area contributed by atoms with Gasteiger partial charge in [0.05, 0.1) is 12.1 Å². The van der Waals surface area contributed by atoms with Crippen LogP contribution in [0.3, 0.4) is 0 Å². The van der Waals surface area contributed by atoms with Gasteiger partial charge in [-0.1, -0.05) is 37.6 Å². The number of carbonyl (C=O) groups excluding carboxylic acids is 1. The molecule has 1 aliphatic rings. The van der Waals surface area contributed by atoms with Gasteiger partial charge in [0.15, 0.2) is 5.82 Å². The number of aryl methyl sites for hydroxylation is 2. The van der Waals surface area contributed by atoms with Gasteiger partial charge in [-0.3, -0.25) is 14.4 Å². The van der Waals surface area contributed by atoms with Crippen molar-refractivity contribution in [1.82, 2.24) is 20.1 Å². The lowest BCUT2D eigenvalue weighted by Gasteiger charge is -2.13. The van der Waals surface area contributed by atoms with Crippen LogP contribution in [0, 0.1) is 26.7 Å². The lowest BCUT2D eigenvalue weighted by Crippen LogP contribution is -2.27. The molecule has 8 heteroatoms. The summed E-state index contributed by atoms with van der Waals surface area (Å²) < 4.78 is 2.07. The molecule has 0 radical (unpaired) electrons. The van der Waals surface area contributed by atoms with Gasteiger partial charge < -0.3 is 5.32 Å². The minimum absolute atomic E-state index is 0.0276. The first-order valence-corrected chi connectivity index (χ1v) is 12.1. The summed E-state index contributed by atoms with van der Waals surface area (Å²) in [4.78, 5) is 19.1. The van der Waals surface area contributed by atoms with Crippen LogP contribution >= 0.6 is 22.9 Å². The predicted molar refractivity (Wildman–Crippen MR) is 130 cm³/mol. The number of rotatable bonds is 6. The van der Waals surface area contributed by atoms with Gasteiger partial charge in [0, 0.05) is 27.6 Å². The zero-order valence-electron chi connectivity index (χ0n) is 19.1. The lowest BCUT2D eigenvalue weighted by atomic mass is 9.99. The molecule has 0 saturated heterocycles. The molecule has 0 unspecified atom stereocenters. The van der Waals surface area contributed by atoms with Crippen LogP contribution in [-0.2, 0) is 4.79 Å². The molecule has 0 bridgehead atoms. The fraction of sp³-hybridized carbons (Fsp3) is 0.417. The van der Waals surface area contributed by atoms with E-state index >= 15 is 0 Å². The Labute approximate surface area is 197 Å². The lowest BCUT2D eigenvalue weighted by molar-refractivity contribution is -0.121. The third-order valence-corrected chi connectivity index (χ3v) is 7.22.